The van der Waals surface area contributed by atoms with Gasteiger partial charge in [-0.3, -0.25) is 4.90 Å². The summed E-state index contributed by atoms with van der Waals surface area (Å²) in [5.74, 6) is 1.38. The van der Waals surface area contributed by atoms with Gasteiger partial charge in [0.2, 0.25) is 6.79 Å². The monoisotopic (exact) mass is 292 g/mol. The van der Waals surface area contributed by atoms with E-state index in [9.17, 15) is 4.79 Å². The number of hydrogen-bond donors (Lipinski definition) is 2. The molecular weight excluding hydrogens is 272 g/mol. The zero-order chi connectivity index (χ0) is 14.7. The molecular formula is C14H20N4O3. The van der Waals surface area contributed by atoms with Crippen molar-refractivity contribution in [3.8, 4) is 11.5 Å². The number of piperazine rings is 1. The third-order valence-electron chi connectivity index (χ3n) is 3.73. The highest BCUT2D eigenvalue weighted by atomic mass is 16.7. The molecule has 1 aromatic rings. The first kappa shape index (κ1) is 14.0. The lowest BCUT2D eigenvalue weighted by molar-refractivity contribution is 0.149. The molecule has 0 spiro atoms. The lowest BCUT2D eigenvalue weighted by Gasteiger charge is -2.34. The summed E-state index contributed by atoms with van der Waals surface area (Å²) < 4.78 is 10.5. The van der Waals surface area contributed by atoms with Crippen molar-refractivity contribution in [2.45, 2.75) is 0 Å². The number of urea groups is 1. The van der Waals surface area contributed by atoms with Crippen LogP contribution in [-0.2, 0) is 0 Å². The molecule has 1 fully saturated rings. The molecule has 1 aromatic carbocycles. The number of ether oxygens (including phenoxy) is 2. The summed E-state index contributed by atoms with van der Waals surface area (Å²) in [6, 6.07) is 5.32. The van der Waals surface area contributed by atoms with E-state index in [0.717, 1.165) is 32.7 Å². The minimum atomic E-state index is -0.0822. The number of carbonyl (C=O) groups excluding carboxylic acids is 1. The number of nitrogens with one attached hydrogen (secondary N) is 1. The van der Waals surface area contributed by atoms with Crippen molar-refractivity contribution in [3.05, 3.63) is 18.2 Å². The Balaban J connectivity index is 1.55. The number of fused-ring (bicyclic) bond motifs is 1. The molecule has 2 heterocycles. The molecule has 0 unspecified atom stereocenters. The molecule has 0 atom stereocenters. The summed E-state index contributed by atoms with van der Waals surface area (Å²) >= 11 is 0. The first-order valence-corrected chi connectivity index (χ1v) is 7.14. The largest absolute Gasteiger partial charge is 0.454 e. The highest BCUT2D eigenvalue weighted by Crippen LogP contribution is 2.34. The summed E-state index contributed by atoms with van der Waals surface area (Å²) in [4.78, 5) is 16.3. The van der Waals surface area contributed by atoms with Crippen LogP contribution in [-0.4, -0.2) is 61.9 Å². The first-order valence-electron chi connectivity index (χ1n) is 7.14. The van der Waals surface area contributed by atoms with Gasteiger partial charge in [-0.2, -0.15) is 0 Å². The molecule has 3 rings (SSSR count). The van der Waals surface area contributed by atoms with Gasteiger partial charge < -0.3 is 25.4 Å². The normalized spacial score (nSPS) is 17.9. The Morgan fingerprint density at radius 1 is 1.19 bits per heavy atom. The topological polar surface area (TPSA) is 80.1 Å². The van der Waals surface area contributed by atoms with Crippen LogP contribution in [0.15, 0.2) is 18.2 Å². The van der Waals surface area contributed by atoms with Crippen molar-refractivity contribution in [1.82, 2.24) is 9.80 Å². The highest BCUT2D eigenvalue weighted by molar-refractivity contribution is 5.89. The van der Waals surface area contributed by atoms with Crippen molar-refractivity contribution < 1.29 is 14.3 Å². The molecule has 114 valence electrons. The molecule has 2 aliphatic heterocycles. The molecule has 0 aliphatic carbocycles. The van der Waals surface area contributed by atoms with Gasteiger partial charge in [-0.15, -0.1) is 0 Å². The quantitative estimate of drug-likeness (QED) is 0.849. The number of nitrogens with two attached hydrogens (primary N) is 1. The van der Waals surface area contributed by atoms with E-state index in [2.05, 4.69) is 10.2 Å². The van der Waals surface area contributed by atoms with E-state index in [1.54, 1.807) is 12.1 Å². The van der Waals surface area contributed by atoms with E-state index in [-0.39, 0.29) is 12.8 Å². The molecule has 2 amide bonds. The van der Waals surface area contributed by atoms with Crippen LogP contribution in [0.3, 0.4) is 0 Å². The Hall–Kier alpha value is -1.99. The molecule has 3 N–H and O–H groups in total. The van der Waals surface area contributed by atoms with Crippen molar-refractivity contribution in [3.63, 3.8) is 0 Å². The van der Waals surface area contributed by atoms with Crippen LogP contribution in [0.5, 0.6) is 11.5 Å². The molecule has 21 heavy (non-hydrogen) atoms. The summed E-state index contributed by atoms with van der Waals surface area (Å²) in [6.07, 6.45) is 0. The van der Waals surface area contributed by atoms with Gasteiger partial charge in [-0.25, -0.2) is 4.79 Å². The minimum absolute atomic E-state index is 0.0822. The van der Waals surface area contributed by atoms with Gasteiger partial charge in [-0.1, -0.05) is 0 Å². The highest BCUT2D eigenvalue weighted by Gasteiger charge is 2.21. The fourth-order valence-electron chi connectivity index (χ4n) is 2.53. The Kier molecular flexibility index (Phi) is 4.12. The number of amides is 2. The Morgan fingerprint density at radius 2 is 1.95 bits per heavy atom. The summed E-state index contributed by atoms with van der Waals surface area (Å²) in [7, 11) is 0. The molecule has 7 nitrogen and oxygen atoms in total. The number of rotatable bonds is 3. The van der Waals surface area contributed by atoms with Gasteiger partial charge >= 0.3 is 6.03 Å². The van der Waals surface area contributed by atoms with Crippen LogP contribution >= 0.6 is 0 Å². The fourth-order valence-corrected chi connectivity index (χ4v) is 2.53. The third kappa shape index (κ3) is 3.20. The van der Waals surface area contributed by atoms with Gasteiger partial charge in [-0.05, 0) is 12.1 Å². The van der Waals surface area contributed by atoms with Crippen LogP contribution in [0.4, 0.5) is 10.5 Å². The molecule has 7 heteroatoms. The predicted octanol–water partition coefficient (Wildman–Crippen LogP) is 0.524. The minimum Gasteiger partial charge on any atom is -0.454 e. The maximum absolute atomic E-state index is 12.2. The molecule has 0 bridgehead atoms. The average molecular weight is 292 g/mol. The van der Waals surface area contributed by atoms with Crippen LogP contribution < -0.4 is 20.5 Å². The van der Waals surface area contributed by atoms with Gasteiger partial charge in [0.1, 0.15) is 0 Å². The van der Waals surface area contributed by atoms with Gasteiger partial charge in [0, 0.05) is 51.0 Å². The second-order valence-electron chi connectivity index (χ2n) is 5.12. The summed E-state index contributed by atoms with van der Waals surface area (Å²) in [5, 5.41) is 2.90. The number of benzene rings is 1. The second kappa shape index (κ2) is 6.19. The van der Waals surface area contributed by atoms with Crippen LogP contribution in [0.2, 0.25) is 0 Å². The lowest BCUT2D eigenvalue weighted by atomic mass is 10.2. The lowest BCUT2D eigenvalue weighted by Crippen LogP contribution is -2.50. The maximum atomic E-state index is 12.2. The van der Waals surface area contributed by atoms with Crippen molar-refractivity contribution in [1.29, 1.82) is 0 Å². The van der Waals surface area contributed by atoms with Crippen LogP contribution in [0, 0.1) is 0 Å². The standard InChI is InChI=1S/C14H20N4O3/c15-3-4-17-5-7-18(8-6-17)14(19)16-11-1-2-12-13(9-11)21-10-20-12/h1-2,9H,3-8,10,15H2,(H,16,19). The smallest absolute Gasteiger partial charge is 0.321 e. The maximum Gasteiger partial charge on any atom is 0.321 e. The Morgan fingerprint density at radius 3 is 2.71 bits per heavy atom. The van der Waals surface area contributed by atoms with E-state index in [0.29, 0.717) is 23.7 Å². The molecule has 0 saturated carbocycles. The number of carbonyl (C=O) groups is 1. The molecule has 2 aliphatic rings. The van der Waals surface area contributed by atoms with Gasteiger partial charge in [0.05, 0.1) is 0 Å². The van der Waals surface area contributed by atoms with Crippen LogP contribution in [0.1, 0.15) is 0 Å². The van der Waals surface area contributed by atoms with Crippen LogP contribution in [0.25, 0.3) is 0 Å². The SMILES string of the molecule is NCCN1CCN(C(=O)Nc2ccc3c(c2)OCO3)CC1. The number of anilines is 1. The average Bonchev–Trinajstić information content (AvgIpc) is 2.96. The zero-order valence-corrected chi connectivity index (χ0v) is 11.9. The van der Waals surface area contributed by atoms with E-state index in [1.807, 2.05) is 11.0 Å². The van der Waals surface area contributed by atoms with E-state index < -0.39 is 0 Å². The zero-order valence-electron chi connectivity index (χ0n) is 11.9. The molecule has 0 radical (unpaired) electrons. The van der Waals surface area contributed by atoms with Gasteiger partial charge in [0.15, 0.2) is 11.5 Å². The summed E-state index contributed by atoms with van der Waals surface area (Å²) in [6.45, 7) is 4.95. The predicted molar refractivity (Wildman–Crippen MR) is 78.7 cm³/mol. The molecule has 0 aromatic heterocycles. The van der Waals surface area contributed by atoms with E-state index >= 15 is 0 Å². The number of hydrogen-bond acceptors (Lipinski definition) is 5. The third-order valence-corrected chi connectivity index (χ3v) is 3.73. The molecule has 1 saturated heterocycles. The van der Waals surface area contributed by atoms with Crippen molar-refractivity contribution in [2.75, 3.05) is 51.4 Å². The summed E-state index contributed by atoms with van der Waals surface area (Å²) in [5.41, 5.74) is 6.26. The van der Waals surface area contributed by atoms with Crippen molar-refractivity contribution in [2.24, 2.45) is 5.73 Å². The van der Waals surface area contributed by atoms with E-state index in [1.165, 1.54) is 0 Å². The first-order chi connectivity index (χ1) is 10.3. The van der Waals surface area contributed by atoms with Crippen molar-refractivity contribution >= 4 is 11.7 Å². The fraction of sp³-hybridized carbons (Fsp3) is 0.500. The number of nitrogens with zero attached hydrogens (tertiary/aromatic N) is 2. The Labute approximate surface area is 123 Å². The van der Waals surface area contributed by atoms with E-state index in [4.69, 9.17) is 15.2 Å². The van der Waals surface area contributed by atoms with Gasteiger partial charge in [0.25, 0.3) is 0 Å². The Bertz CT molecular complexity index is 515. The second-order valence-corrected chi connectivity index (χ2v) is 5.12.